The fraction of sp³-hybridized carbons (Fsp3) is 0.333. The molecule has 19 heavy (non-hydrogen) atoms. The largest absolute Gasteiger partial charge is 0.481 e. The number of rotatable bonds is 3. The third kappa shape index (κ3) is 1.84. The molecule has 0 amide bonds. The van der Waals surface area contributed by atoms with Gasteiger partial charge in [0.25, 0.3) is 5.56 Å². The van der Waals surface area contributed by atoms with E-state index in [0.717, 1.165) is 10.9 Å². The van der Waals surface area contributed by atoms with Crippen molar-refractivity contribution in [2.75, 3.05) is 0 Å². The van der Waals surface area contributed by atoms with Crippen LogP contribution >= 0.6 is 0 Å². The fourth-order valence-corrected chi connectivity index (χ4v) is 2.74. The zero-order valence-electron chi connectivity index (χ0n) is 10.7. The molecule has 0 bridgehead atoms. The van der Waals surface area contributed by atoms with Gasteiger partial charge in [-0.15, -0.1) is 0 Å². The van der Waals surface area contributed by atoms with Gasteiger partial charge in [0.05, 0.1) is 11.4 Å². The molecule has 1 aromatic heterocycles. The van der Waals surface area contributed by atoms with Crippen LogP contribution in [0.5, 0.6) is 0 Å². The minimum Gasteiger partial charge on any atom is -0.481 e. The van der Waals surface area contributed by atoms with Crippen molar-refractivity contribution in [2.24, 2.45) is 5.92 Å². The Labute approximate surface area is 110 Å². The minimum absolute atomic E-state index is 0.0463. The van der Waals surface area contributed by atoms with Crippen molar-refractivity contribution < 1.29 is 9.90 Å². The van der Waals surface area contributed by atoms with E-state index < -0.39 is 5.97 Å². The van der Waals surface area contributed by atoms with Gasteiger partial charge in [-0.05, 0) is 30.9 Å². The van der Waals surface area contributed by atoms with Crippen LogP contribution in [-0.2, 0) is 11.3 Å². The van der Waals surface area contributed by atoms with Gasteiger partial charge in [0, 0.05) is 18.0 Å². The lowest BCUT2D eigenvalue weighted by atomic mass is 10.1. The number of para-hydroxylation sites is 1. The Morgan fingerprint density at radius 2 is 2.16 bits per heavy atom. The average molecular weight is 257 g/mol. The highest BCUT2D eigenvalue weighted by Gasteiger charge is 2.45. The summed E-state index contributed by atoms with van der Waals surface area (Å²) >= 11 is 0. The highest BCUT2D eigenvalue weighted by Crippen LogP contribution is 2.46. The second-order valence-electron chi connectivity index (χ2n) is 4.99. The maximum atomic E-state index is 12.4. The molecule has 1 fully saturated rings. The maximum Gasteiger partial charge on any atom is 0.307 e. The van der Waals surface area contributed by atoms with Gasteiger partial charge in [-0.3, -0.25) is 9.59 Å². The van der Waals surface area contributed by atoms with Gasteiger partial charge in [-0.25, -0.2) is 0 Å². The van der Waals surface area contributed by atoms with Crippen molar-refractivity contribution >= 4 is 16.9 Å². The minimum atomic E-state index is -0.805. The summed E-state index contributed by atoms with van der Waals surface area (Å²) in [7, 11) is 0. The molecule has 1 aliphatic rings. The molecule has 0 radical (unpaired) electrons. The average Bonchev–Trinajstić information content (AvgIpc) is 3.18. The summed E-state index contributed by atoms with van der Waals surface area (Å²) in [5.74, 6) is -1.31. The van der Waals surface area contributed by atoms with Crippen LogP contribution in [0.2, 0.25) is 0 Å². The van der Waals surface area contributed by atoms with Gasteiger partial charge in [-0.2, -0.15) is 0 Å². The molecule has 4 nitrogen and oxygen atoms in total. The Balaban J connectivity index is 2.19. The SMILES string of the molecule is CCn1c(=O)c(C2CC2C(=O)O)cc2ccccc21. The van der Waals surface area contributed by atoms with Crippen LogP contribution in [-0.4, -0.2) is 15.6 Å². The van der Waals surface area contributed by atoms with E-state index in [1.54, 1.807) is 4.57 Å². The maximum absolute atomic E-state index is 12.4. The van der Waals surface area contributed by atoms with E-state index in [0.29, 0.717) is 18.5 Å². The van der Waals surface area contributed by atoms with Gasteiger partial charge in [0.1, 0.15) is 0 Å². The number of aryl methyl sites for hydroxylation is 1. The van der Waals surface area contributed by atoms with Gasteiger partial charge < -0.3 is 9.67 Å². The van der Waals surface area contributed by atoms with E-state index in [-0.39, 0.29) is 17.4 Å². The van der Waals surface area contributed by atoms with E-state index in [9.17, 15) is 9.59 Å². The molecule has 1 N–H and O–H groups in total. The highest BCUT2D eigenvalue weighted by molar-refractivity contribution is 5.81. The quantitative estimate of drug-likeness (QED) is 0.917. The number of aromatic nitrogens is 1. The normalized spacial score (nSPS) is 21.5. The molecular formula is C15H15NO3. The van der Waals surface area contributed by atoms with Crippen LogP contribution in [0.3, 0.4) is 0 Å². The van der Waals surface area contributed by atoms with E-state index >= 15 is 0 Å². The fourth-order valence-electron chi connectivity index (χ4n) is 2.74. The topological polar surface area (TPSA) is 59.3 Å². The molecule has 2 atom stereocenters. The Hall–Kier alpha value is -2.10. The van der Waals surface area contributed by atoms with Crippen molar-refractivity contribution in [2.45, 2.75) is 25.8 Å². The number of hydrogen-bond donors (Lipinski definition) is 1. The Kier molecular flexibility index (Phi) is 2.66. The second kappa shape index (κ2) is 4.23. The number of benzene rings is 1. The molecule has 1 saturated carbocycles. The molecule has 4 heteroatoms. The van der Waals surface area contributed by atoms with Crippen LogP contribution in [0.1, 0.15) is 24.8 Å². The zero-order valence-corrected chi connectivity index (χ0v) is 10.7. The number of hydrogen-bond acceptors (Lipinski definition) is 2. The Morgan fingerprint density at radius 3 is 2.79 bits per heavy atom. The lowest BCUT2D eigenvalue weighted by Gasteiger charge is -2.10. The summed E-state index contributed by atoms with van der Waals surface area (Å²) in [6, 6.07) is 9.58. The molecule has 1 aliphatic carbocycles. The number of aliphatic carboxylic acids is 1. The molecule has 0 saturated heterocycles. The van der Waals surface area contributed by atoms with Gasteiger partial charge in [0.15, 0.2) is 0 Å². The molecule has 0 spiro atoms. The summed E-state index contributed by atoms with van der Waals surface area (Å²) in [6.45, 7) is 2.52. The third-order valence-electron chi connectivity index (χ3n) is 3.85. The number of carboxylic acid groups (broad SMARTS) is 1. The summed E-state index contributed by atoms with van der Waals surface area (Å²) in [4.78, 5) is 23.4. The first-order chi connectivity index (χ1) is 9.13. The van der Waals surface area contributed by atoms with Crippen LogP contribution < -0.4 is 5.56 Å². The summed E-state index contributed by atoms with van der Waals surface area (Å²) in [5.41, 5.74) is 1.51. The number of carboxylic acids is 1. The van der Waals surface area contributed by atoms with Crippen molar-refractivity contribution in [1.82, 2.24) is 4.57 Å². The number of nitrogens with zero attached hydrogens (tertiary/aromatic N) is 1. The Bertz CT molecular complexity index is 717. The van der Waals surface area contributed by atoms with Crippen molar-refractivity contribution in [3.63, 3.8) is 0 Å². The first kappa shape index (κ1) is 12.0. The first-order valence-corrected chi connectivity index (χ1v) is 6.48. The summed E-state index contributed by atoms with van der Waals surface area (Å²) in [5, 5.41) is 10.0. The van der Waals surface area contributed by atoms with Crippen molar-refractivity contribution in [1.29, 1.82) is 0 Å². The standard InChI is InChI=1S/C15H15NO3/c1-2-16-13-6-4-3-5-9(13)7-11(14(16)17)10-8-12(10)15(18)19/h3-7,10,12H,2,8H2,1H3,(H,18,19). The van der Waals surface area contributed by atoms with Crippen LogP contribution in [0.15, 0.2) is 35.1 Å². The van der Waals surface area contributed by atoms with E-state index in [1.165, 1.54) is 0 Å². The molecule has 1 aromatic carbocycles. The molecule has 2 unspecified atom stereocenters. The molecule has 3 rings (SSSR count). The molecule has 98 valence electrons. The molecule has 2 aromatic rings. The number of carbonyl (C=O) groups is 1. The highest BCUT2D eigenvalue weighted by atomic mass is 16.4. The molecule has 1 heterocycles. The Morgan fingerprint density at radius 1 is 1.42 bits per heavy atom. The smallest absolute Gasteiger partial charge is 0.307 e. The number of fused-ring (bicyclic) bond motifs is 1. The number of pyridine rings is 1. The van der Waals surface area contributed by atoms with E-state index in [2.05, 4.69) is 0 Å². The van der Waals surface area contributed by atoms with Crippen LogP contribution in [0.25, 0.3) is 10.9 Å². The molecular weight excluding hydrogens is 242 g/mol. The summed E-state index contributed by atoms with van der Waals surface area (Å²) < 4.78 is 1.72. The van der Waals surface area contributed by atoms with Crippen molar-refractivity contribution in [3.05, 3.63) is 46.2 Å². The molecule has 0 aliphatic heterocycles. The van der Waals surface area contributed by atoms with Gasteiger partial charge in [0.2, 0.25) is 0 Å². The van der Waals surface area contributed by atoms with Crippen molar-refractivity contribution in [3.8, 4) is 0 Å². The predicted octanol–water partition coefficient (Wildman–Crippen LogP) is 2.21. The van der Waals surface area contributed by atoms with E-state index in [1.807, 2.05) is 37.3 Å². The first-order valence-electron chi connectivity index (χ1n) is 6.48. The lowest BCUT2D eigenvalue weighted by molar-refractivity contribution is -0.138. The summed E-state index contributed by atoms with van der Waals surface area (Å²) in [6.07, 6.45) is 0.576. The lowest BCUT2D eigenvalue weighted by Crippen LogP contribution is -2.23. The third-order valence-corrected chi connectivity index (χ3v) is 3.85. The van der Waals surface area contributed by atoms with E-state index in [4.69, 9.17) is 5.11 Å². The van der Waals surface area contributed by atoms with Crippen LogP contribution in [0, 0.1) is 5.92 Å². The van der Waals surface area contributed by atoms with Crippen LogP contribution in [0.4, 0.5) is 0 Å². The second-order valence-corrected chi connectivity index (χ2v) is 4.99. The zero-order chi connectivity index (χ0) is 13.6. The van der Waals surface area contributed by atoms with Gasteiger partial charge >= 0.3 is 5.97 Å². The predicted molar refractivity (Wildman–Crippen MR) is 72.4 cm³/mol. The van der Waals surface area contributed by atoms with Gasteiger partial charge in [-0.1, -0.05) is 18.2 Å². The monoisotopic (exact) mass is 257 g/mol.